The van der Waals surface area contributed by atoms with Crippen molar-refractivity contribution in [3.8, 4) is 0 Å². The van der Waals surface area contributed by atoms with Gasteiger partial charge in [0.15, 0.2) is 0 Å². The molecule has 0 fully saturated rings. The van der Waals surface area contributed by atoms with Gasteiger partial charge in [0, 0.05) is 27.9 Å². The van der Waals surface area contributed by atoms with E-state index >= 15 is 0 Å². The first-order chi connectivity index (χ1) is 10.5. The monoisotopic (exact) mass is 316 g/mol. The lowest BCUT2D eigenvalue weighted by atomic mass is 10.1. The average Bonchev–Trinajstić information content (AvgIpc) is 2.46. The molecule has 0 saturated carbocycles. The lowest BCUT2D eigenvalue weighted by molar-refractivity contribution is 0.0941. The van der Waals surface area contributed by atoms with Crippen molar-refractivity contribution in [2.24, 2.45) is 0 Å². The van der Waals surface area contributed by atoms with Crippen molar-refractivity contribution < 1.29 is 9.59 Å². The van der Waals surface area contributed by atoms with E-state index in [1.807, 2.05) is 13.8 Å². The first kappa shape index (κ1) is 16.0. The van der Waals surface area contributed by atoms with Gasteiger partial charge in [-0.05, 0) is 56.3 Å². The molecule has 0 saturated heterocycles. The number of benzene rings is 2. The molecule has 22 heavy (non-hydrogen) atoms. The Balaban J connectivity index is 2.06. The normalized spacial score (nSPS) is 10.4. The summed E-state index contributed by atoms with van der Waals surface area (Å²) in [4.78, 5) is 24.0. The number of amides is 2. The predicted octanol–water partition coefficient (Wildman–Crippen LogP) is 3.73. The van der Waals surface area contributed by atoms with Crippen LogP contribution in [-0.4, -0.2) is 17.9 Å². The van der Waals surface area contributed by atoms with Crippen LogP contribution in [0.4, 0.5) is 5.69 Å². The largest absolute Gasteiger partial charge is 0.350 e. The number of rotatable bonds is 4. The Labute approximate surface area is 134 Å². The van der Waals surface area contributed by atoms with Gasteiger partial charge in [0.1, 0.15) is 0 Å². The van der Waals surface area contributed by atoms with Crippen LogP contribution >= 0.6 is 11.6 Å². The molecule has 0 aliphatic carbocycles. The van der Waals surface area contributed by atoms with Crippen LogP contribution in [0.1, 0.15) is 34.6 Å². The fourth-order valence-corrected chi connectivity index (χ4v) is 2.08. The minimum atomic E-state index is -0.252. The zero-order chi connectivity index (χ0) is 16.1. The Kier molecular flexibility index (Phi) is 5.17. The molecule has 0 atom stereocenters. The lowest BCUT2D eigenvalue weighted by Gasteiger charge is -2.09. The van der Waals surface area contributed by atoms with Crippen molar-refractivity contribution in [2.75, 3.05) is 5.32 Å². The van der Waals surface area contributed by atoms with Crippen LogP contribution in [0.25, 0.3) is 0 Å². The molecule has 0 heterocycles. The zero-order valence-electron chi connectivity index (χ0n) is 12.4. The van der Waals surface area contributed by atoms with Gasteiger partial charge in [-0.25, -0.2) is 0 Å². The second-order valence-corrected chi connectivity index (χ2v) is 5.61. The van der Waals surface area contributed by atoms with Crippen molar-refractivity contribution in [1.29, 1.82) is 0 Å². The summed E-state index contributed by atoms with van der Waals surface area (Å²) in [6.07, 6.45) is 0. The summed E-state index contributed by atoms with van der Waals surface area (Å²) in [5, 5.41) is 6.11. The average molecular weight is 317 g/mol. The zero-order valence-corrected chi connectivity index (χ0v) is 13.1. The molecule has 2 aromatic carbocycles. The summed E-state index contributed by atoms with van der Waals surface area (Å²) in [5.41, 5.74) is 1.62. The van der Waals surface area contributed by atoms with E-state index in [1.165, 1.54) is 0 Å². The van der Waals surface area contributed by atoms with Crippen LogP contribution in [-0.2, 0) is 0 Å². The summed E-state index contributed by atoms with van der Waals surface area (Å²) in [5.74, 6) is -0.408. The minimum Gasteiger partial charge on any atom is -0.350 e. The van der Waals surface area contributed by atoms with E-state index in [-0.39, 0.29) is 17.9 Å². The van der Waals surface area contributed by atoms with Crippen molar-refractivity contribution in [1.82, 2.24) is 5.32 Å². The molecule has 2 amide bonds. The number of nitrogens with one attached hydrogen (secondary N) is 2. The van der Waals surface area contributed by atoms with E-state index in [0.29, 0.717) is 21.8 Å². The Morgan fingerprint density at radius 2 is 1.55 bits per heavy atom. The molecule has 5 heteroatoms. The Morgan fingerprint density at radius 1 is 0.955 bits per heavy atom. The Hall–Kier alpha value is -2.33. The summed E-state index contributed by atoms with van der Waals surface area (Å²) in [6, 6.07) is 13.5. The molecule has 0 unspecified atom stereocenters. The highest BCUT2D eigenvalue weighted by molar-refractivity contribution is 6.31. The highest BCUT2D eigenvalue weighted by atomic mass is 35.5. The smallest absolute Gasteiger partial charge is 0.255 e. The second kappa shape index (κ2) is 7.09. The maximum absolute atomic E-state index is 12.1. The molecule has 4 nitrogen and oxygen atoms in total. The number of carbonyl (C=O) groups excluding carboxylic acids is 2. The Bertz CT molecular complexity index is 681. The summed E-state index contributed by atoms with van der Waals surface area (Å²) >= 11 is 5.88. The quantitative estimate of drug-likeness (QED) is 0.903. The molecule has 0 aliphatic rings. The predicted molar refractivity (Wildman–Crippen MR) is 88.4 cm³/mol. The van der Waals surface area contributed by atoms with E-state index in [2.05, 4.69) is 10.6 Å². The fourth-order valence-electron chi connectivity index (χ4n) is 1.89. The molecule has 0 spiro atoms. The summed E-state index contributed by atoms with van der Waals surface area (Å²) in [7, 11) is 0. The lowest BCUT2D eigenvalue weighted by Crippen LogP contribution is -2.30. The highest BCUT2D eigenvalue weighted by Crippen LogP contribution is 2.16. The van der Waals surface area contributed by atoms with Crippen molar-refractivity contribution >= 4 is 29.1 Å². The number of anilines is 1. The van der Waals surface area contributed by atoms with Crippen LogP contribution in [0.3, 0.4) is 0 Å². The van der Waals surface area contributed by atoms with Crippen LogP contribution in [0.15, 0.2) is 48.5 Å². The van der Waals surface area contributed by atoms with E-state index < -0.39 is 0 Å². The third kappa shape index (κ3) is 4.33. The van der Waals surface area contributed by atoms with E-state index in [0.717, 1.165) is 0 Å². The van der Waals surface area contributed by atoms with Crippen LogP contribution in [0, 0.1) is 0 Å². The van der Waals surface area contributed by atoms with E-state index in [9.17, 15) is 9.59 Å². The Morgan fingerprint density at radius 3 is 2.09 bits per heavy atom. The molecule has 0 aliphatic heterocycles. The first-order valence-corrected chi connectivity index (χ1v) is 7.31. The van der Waals surface area contributed by atoms with Gasteiger partial charge in [-0.15, -0.1) is 0 Å². The molecule has 114 valence electrons. The molecule has 0 bridgehead atoms. The minimum absolute atomic E-state index is 0.0679. The molecule has 0 radical (unpaired) electrons. The van der Waals surface area contributed by atoms with Crippen molar-refractivity contribution in [3.05, 3.63) is 64.7 Å². The molecular weight excluding hydrogens is 300 g/mol. The molecule has 0 aromatic heterocycles. The second-order valence-electron chi connectivity index (χ2n) is 5.17. The van der Waals surface area contributed by atoms with E-state index in [4.69, 9.17) is 11.6 Å². The van der Waals surface area contributed by atoms with Gasteiger partial charge in [-0.2, -0.15) is 0 Å². The van der Waals surface area contributed by atoms with Gasteiger partial charge in [0.25, 0.3) is 11.8 Å². The van der Waals surface area contributed by atoms with Gasteiger partial charge in [-0.1, -0.05) is 17.7 Å². The standard InChI is InChI=1S/C17H17ClN2O2/c1-11(2)19-16(21)12-6-8-13(9-7-12)17(22)20-15-5-3-4-14(18)10-15/h3-11H,1-2H3,(H,19,21)(H,20,22). The van der Waals surface area contributed by atoms with Crippen LogP contribution < -0.4 is 10.6 Å². The number of hydrogen-bond donors (Lipinski definition) is 2. The van der Waals surface area contributed by atoms with Gasteiger partial charge < -0.3 is 10.6 Å². The van der Waals surface area contributed by atoms with Gasteiger partial charge >= 0.3 is 0 Å². The number of halogens is 1. The maximum Gasteiger partial charge on any atom is 0.255 e. The molecule has 2 aromatic rings. The highest BCUT2D eigenvalue weighted by Gasteiger charge is 2.10. The number of hydrogen-bond acceptors (Lipinski definition) is 2. The van der Waals surface area contributed by atoms with Gasteiger partial charge in [0.2, 0.25) is 0 Å². The van der Waals surface area contributed by atoms with Crippen LogP contribution in [0.5, 0.6) is 0 Å². The van der Waals surface area contributed by atoms with E-state index in [1.54, 1.807) is 48.5 Å². The topological polar surface area (TPSA) is 58.2 Å². The SMILES string of the molecule is CC(C)NC(=O)c1ccc(C(=O)Nc2cccc(Cl)c2)cc1. The fraction of sp³-hybridized carbons (Fsp3) is 0.176. The molecule has 2 N–H and O–H groups in total. The summed E-state index contributed by atoms with van der Waals surface area (Å²) in [6.45, 7) is 3.79. The van der Waals surface area contributed by atoms with Crippen LogP contribution in [0.2, 0.25) is 5.02 Å². The van der Waals surface area contributed by atoms with Crippen molar-refractivity contribution in [2.45, 2.75) is 19.9 Å². The molecule has 2 rings (SSSR count). The maximum atomic E-state index is 12.1. The number of carbonyl (C=O) groups is 2. The third-order valence-electron chi connectivity index (χ3n) is 2.91. The third-order valence-corrected chi connectivity index (χ3v) is 3.15. The van der Waals surface area contributed by atoms with Gasteiger partial charge in [0.05, 0.1) is 0 Å². The summed E-state index contributed by atoms with van der Waals surface area (Å²) < 4.78 is 0. The molecular formula is C17H17ClN2O2. The van der Waals surface area contributed by atoms with Crippen molar-refractivity contribution in [3.63, 3.8) is 0 Å². The van der Waals surface area contributed by atoms with Gasteiger partial charge in [-0.3, -0.25) is 9.59 Å². The first-order valence-electron chi connectivity index (χ1n) is 6.93.